The van der Waals surface area contributed by atoms with Crippen LogP contribution in [0.3, 0.4) is 0 Å². The van der Waals surface area contributed by atoms with Gasteiger partial charge in [-0.15, -0.1) is 0 Å². The first-order valence-electron chi connectivity index (χ1n) is 8.46. The van der Waals surface area contributed by atoms with Crippen molar-refractivity contribution in [1.82, 2.24) is 10.2 Å². The second-order valence-electron chi connectivity index (χ2n) is 6.00. The molecular weight excluding hydrogens is 355 g/mol. The van der Waals surface area contributed by atoms with Crippen molar-refractivity contribution in [2.45, 2.75) is 19.8 Å². The van der Waals surface area contributed by atoms with E-state index in [9.17, 15) is 14.0 Å². The van der Waals surface area contributed by atoms with Crippen molar-refractivity contribution in [1.29, 1.82) is 0 Å². The molecule has 0 aromatic heterocycles. The molecule has 0 spiro atoms. The fourth-order valence-corrected chi connectivity index (χ4v) is 2.69. The van der Waals surface area contributed by atoms with Crippen LogP contribution in [0.25, 0.3) is 0 Å². The molecule has 0 atom stereocenters. The summed E-state index contributed by atoms with van der Waals surface area (Å²) in [6.07, 6.45) is 0.692. The van der Waals surface area contributed by atoms with Gasteiger partial charge in [-0.05, 0) is 35.7 Å². The minimum atomic E-state index is -0.271. The molecule has 0 aliphatic carbocycles. The maximum atomic E-state index is 13.7. The predicted molar refractivity (Wildman–Crippen MR) is 101 cm³/mol. The fraction of sp³-hybridized carbons (Fsp3) is 0.300. The van der Waals surface area contributed by atoms with Crippen molar-refractivity contribution in [2.75, 3.05) is 19.6 Å². The molecule has 2 aromatic rings. The summed E-state index contributed by atoms with van der Waals surface area (Å²) in [6, 6.07) is 13.6. The van der Waals surface area contributed by atoms with E-state index in [2.05, 4.69) is 5.32 Å². The minimum Gasteiger partial charge on any atom is -0.354 e. The highest BCUT2D eigenvalue weighted by molar-refractivity contribution is 6.30. The molecule has 4 nitrogen and oxygen atoms in total. The maximum Gasteiger partial charge on any atom is 0.224 e. The molecule has 0 saturated carbocycles. The Labute approximate surface area is 158 Å². The lowest BCUT2D eigenvalue weighted by atomic mass is 10.1. The summed E-state index contributed by atoms with van der Waals surface area (Å²) in [6.45, 7) is 2.61. The summed E-state index contributed by atoms with van der Waals surface area (Å²) in [5.41, 5.74) is 1.44. The average Bonchev–Trinajstić information content (AvgIpc) is 2.61. The van der Waals surface area contributed by atoms with Gasteiger partial charge in [-0.1, -0.05) is 41.9 Å². The number of rotatable bonds is 8. The van der Waals surface area contributed by atoms with E-state index in [-0.39, 0.29) is 24.1 Å². The zero-order valence-electron chi connectivity index (χ0n) is 14.7. The van der Waals surface area contributed by atoms with Gasteiger partial charge in [-0.3, -0.25) is 9.59 Å². The van der Waals surface area contributed by atoms with Crippen LogP contribution in [0.15, 0.2) is 48.5 Å². The van der Waals surface area contributed by atoms with Gasteiger partial charge in [-0.25, -0.2) is 4.39 Å². The SMILES string of the molecule is CC(=O)N(CCNC(=O)Cc1ccc(Cl)cc1)CCc1ccccc1F. The standard InChI is InChI=1S/C20H22ClFN2O2/c1-15(25)24(12-10-17-4-2-3-5-19(17)22)13-11-23-20(26)14-16-6-8-18(21)9-7-16/h2-9H,10-14H2,1H3,(H,23,26). The third kappa shape index (κ3) is 6.48. The average molecular weight is 377 g/mol. The molecule has 0 fully saturated rings. The van der Waals surface area contributed by atoms with E-state index < -0.39 is 0 Å². The van der Waals surface area contributed by atoms with Gasteiger partial charge in [0, 0.05) is 31.6 Å². The highest BCUT2D eigenvalue weighted by Crippen LogP contribution is 2.10. The first kappa shape index (κ1) is 19.9. The zero-order chi connectivity index (χ0) is 18.9. The Bertz CT molecular complexity index is 750. The van der Waals surface area contributed by atoms with Crippen LogP contribution in [-0.2, 0) is 22.4 Å². The van der Waals surface area contributed by atoms with E-state index in [0.717, 1.165) is 5.56 Å². The number of hydrogen-bond acceptors (Lipinski definition) is 2. The van der Waals surface area contributed by atoms with Crippen LogP contribution in [0, 0.1) is 5.82 Å². The van der Waals surface area contributed by atoms with Gasteiger partial charge in [0.1, 0.15) is 5.82 Å². The van der Waals surface area contributed by atoms with Crippen LogP contribution in [0.2, 0.25) is 5.02 Å². The van der Waals surface area contributed by atoms with Gasteiger partial charge >= 0.3 is 0 Å². The van der Waals surface area contributed by atoms with Crippen molar-refractivity contribution in [2.24, 2.45) is 0 Å². The maximum absolute atomic E-state index is 13.7. The number of nitrogens with zero attached hydrogens (tertiary/aromatic N) is 1. The number of amides is 2. The molecular formula is C20H22ClFN2O2. The van der Waals surface area contributed by atoms with Crippen LogP contribution in [0.4, 0.5) is 4.39 Å². The Morgan fingerprint density at radius 2 is 1.77 bits per heavy atom. The van der Waals surface area contributed by atoms with Gasteiger partial charge in [0.2, 0.25) is 11.8 Å². The van der Waals surface area contributed by atoms with E-state index in [0.29, 0.717) is 36.6 Å². The molecule has 6 heteroatoms. The van der Waals surface area contributed by atoms with Crippen molar-refractivity contribution in [3.8, 4) is 0 Å². The Morgan fingerprint density at radius 1 is 1.08 bits per heavy atom. The molecule has 2 aromatic carbocycles. The van der Waals surface area contributed by atoms with Crippen molar-refractivity contribution >= 4 is 23.4 Å². The summed E-state index contributed by atoms with van der Waals surface area (Å²) in [5.74, 6) is -0.495. The van der Waals surface area contributed by atoms with E-state index >= 15 is 0 Å². The summed E-state index contributed by atoms with van der Waals surface area (Å²) >= 11 is 5.82. The molecule has 0 radical (unpaired) electrons. The molecule has 0 aliphatic rings. The van der Waals surface area contributed by atoms with E-state index in [1.165, 1.54) is 13.0 Å². The normalized spacial score (nSPS) is 10.4. The van der Waals surface area contributed by atoms with Gasteiger partial charge in [0.15, 0.2) is 0 Å². The van der Waals surface area contributed by atoms with E-state index in [1.54, 1.807) is 47.4 Å². The Balaban J connectivity index is 1.77. The first-order chi connectivity index (χ1) is 12.5. The highest BCUT2D eigenvalue weighted by Gasteiger charge is 2.11. The van der Waals surface area contributed by atoms with Crippen molar-refractivity contribution in [3.63, 3.8) is 0 Å². The molecule has 0 saturated heterocycles. The molecule has 0 aliphatic heterocycles. The summed E-state index contributed by atoms with van der Waals surface area (Å²) in [5, 5.41) is 3.43. The number of hydrogen-bond donors (Lipinski definition) is 1. The van der Waals surface area contributed by atoms with E-state index in [1.807, 2.05) is 0 Å². The third-order valence-electron chi connectivity index (χ3n) is 4.04. The lowest BCUT2D eigenvalue weighted by molar-refractivity contribution is -0.129. The lowest BCUT2D eigenvalue weighted by Gasteiger charge is -2.21. The quantitative estimate of drug-likeness (QED) is 0.769. The Kier molecular flexibility index (Phi) is 7.60. The molecule has 26 heavy (non-hydrogen) atoms. The molecule has 0 heterocycles. The highest BCUT2D eigenvalue weighted by atomic mass is 35.5. The number of carbonyl (C=O) groups is 2. The molecule has 138 valence electrons. The van der Waals surface area contributed by atoms with Gasteiger partial charge in [-0.2, -0.15) is 0 Å². The molecule has 0 bridgehead atoms. The summed E-state index contributed by atoms with van der Waals surface area (Å²) in [7, 11) is 0. The van der Waals surface area contributed by atoms with Gasteiger partial charge in [0.25, 0.3) is 0 Å². The minimum absolute atomic E-state index is 0.103. The molecule has 2 amide bonds. The summed E-state index contributed by atoms with van der Waals surface area (Å²) < 4.78 is 13.7. The second-order valence-corrected chi connectivity index (χ2v) is 6.44. The molecule has 1 N–H and O–H groups in total. The number of nitrogens with one attached hydrogen (secondary N) is 1. The first-order valence-corrected chi connectivity index (χ1v) is 8.83. The lowest BCUT2D eigenvalue weighted by Crippen LogP contribution is -2.39. The number of benzene rings is 2. The Morgan fingerprint density at radius 3 is 2.42 bits per heavy atom. The Hall–Kier alpha value is -2.40. The van der Waals surface area contributed by atoms with E-state index in [4.69, 9.17) is 11.6 Å². The summed E-state index contributed by atoms with van der Waals surface area (Å²) in [4.78, 5) is 25.3. The predicted octanol–water partition coefficient (Wildman–Crippen LogP) is 3.23. The van der Waals surface area contributed by atoms with Crippen molar-refractivity contribution < 1.29 is 14.0 Å². The van der Waals surface area contributed by atoms with Crippen LogP contribution < -0.4 is 5.32 Å². The van der Waals surface area contributed by atoms with Gasteiger partial charge in [0.05, 0.1) is 6.42 Å². The third-order valence-corrected chi connectivity index (χ3v) is 4.29. The van der Waals surface area contributed by atoms with Crippen molar-refractivity contribution in [3.05, 3.63) is 70.5 Å². The van der Waals surface area contributed by atoms with Crippen LogP contribution in [-0.4, -0.2) is 36.3 Å². The number of carbonyl (C=O) groups excluding carboxylic acids is 2. The zero-order valence-corrected chi connectivity index (χ0v) is 15.4. The monoisotopic (exact) mass is 376 g/mol. The van der Waals surface area contributed by atoms with Crippen LogP contribution >= 0.6 is 11.6 Å². The smallest absolute Gasteiger partial charge is 0.224 e. The molecule has 2 rings (SSSR count). The largest absolute Gasteiger partial charge is 0.354 e. The second kappa shape index (κ2) is 9.92. The van der Waals surface area contributed by atoms with Gasteiger partial charge < -0.3 is 10.2 Å². The van der Waals surface area contributed by atoms with Crippen LogP contribution in [0.5, 0.6) is 0 Å². The molecule has 0 unspecified atom stereocenters. The van der Waals surface area contributed by atoms with Crippen LogP contribution in [0.1, 0.15) is 18.1 Å². The number of halogens is 2. The topological polar surface area (TPSA) is 49.4 Å². The fourth-order valence-electron chi connectivity index (χ4n) is 2.56.